The van der Waals surface area contributed by atoms with E-state index >= 15 is 0 Å². The first-order chi connectivity index (χ1) is 10.8. The molecule has 2 saturated carbocycles. The predicted molar refractivity (Wildman–Crippen MR) is 91.4 cm³/mol. The van der Waals surface area contributed by atoms with Crippen LogP contribution < -0.4 is 0 Å². The minimum absolute atomic E-state index is 0.0426. The third-order valence-corrected chi connectivity index (χ3v) is 9.09. The molecule has 3 fully saturated rings. The Labute approximate surface area is 141 Å². The van der Waals surface area contributed by atoms with Crippen molar-refractivity contribution < 1.29 is 13.2 Å². The summed E-state index contributed by atoms with van der Waals surface area (Å²) in [6.45, 7) is 6.61. The van der Waals surface area contributed by atoms with Gasteiger partial charge in [-0.2, -0.15) is 0 Å². The van der Waals surface area contributed by atoms with E-state index in [-0.39, 0.29) is 28.5 Å². The van der Waals surface area contributed by atoms with Crippen molar-refractivity contribution in [1.29, 1.82) is 0 Å². The van der Waals surface area contributed by atoms with Gasteiger partial charge in [-0.3, -0.25) is 4.79 Å². The first-order valence-corrected chi connectivity index (χ1v) is 10.9. The summed E-state index contributed by atoms with van der Waals surface area (Å²) in [5.74, 6) is 0.616. The van der Waals surface area contributed by atoms with Crippen LogP contribution in [0.1, 0.15) is 78.6 Å². The van der Waals surface area contributed by atoms with Gasteiger partial charge in [0.05, 0.1) is 11.8 Å². The molecule has 4 nitrogen and oxygen atoms in total. The summed E-state index contributed by atoms with van der Waals surface area (Å²) >= 11 is 0. The van der Waals surface area contributed by atoms with Gasteiger partial charge in [-0.25, -0.2) is 12.7 Å². The van der Waals surface area contributed by atoms with Crippen LogP contribution in [-0.2, 0) is 14.8 Å². The van der Waals surface area contributed by atoms with Crippen LogP contribution in [0.4, 0.5) is 0 Å². The number of amides is 1. The molecule has 5 heteroatoms. The van der Waals surface area contributed by atoms with E-state index in [0.29, 0.717) is 12.3 Å². The Kier molecular flexibility index (Phi) is 4.31. The van der Waals surface area contributed by atoms with Crippen LogP contribution in [0.15, 0.2) is 0 Å². The van der Waals surface area contributed by atoms with Crippen molar-refractivity contribution in [3.63, 3.8) is 0 Å². The standard InChI is InChI=1S/C18H31NO3S/c1-4-5-6-7-8-9-16(20)19-15-12-14-10-11-18(15,17(14,2)3)13-23(19,21)22/h14-15H,4-13H2,1-3H3/t14-,15-,18-/m1/s1. The van der Waals surface area contributed by atoms with Crippen LogP contribution in [0.3, 0.4) is 0 Å². The maximum Gasteiger partial charge on any atom is 0.238 e. The van der Waals surface area contributed by atoms with Crippen LogP contribution in [0.5, 0.6) is 0 Å². The summed E-state index contributed by atoms with van der Waals surface area (Å²) < 4.78 is 26.8. The Hall–Kier alpha value is -0.580. The number of fused-ring (bicyclic) bond motifs is 1. The number of hydrogen-bond acceptors (Lipinski definition) is 3. The molecule has 1 heterocycles. The van der Waals surface area contributed by atoms with Crippen molar-refractivity contribution in [2.24, 2.45) is 16.7 Å². The Morgan fingerprint density at radius 3 is 2.52 bits per heavy atom. The van der Waals surface area contributed by atoms with Crippen molar-refractivity contribution in [3.8, 4) is 0 Å². The highest BCUT2D eigenvalue weighted by molar-refractivity contribution is 7.90. The summed E-state index contributed by atoms with van der Waals surface area (Å²) in [5.41, 5.74) is -0.144. The van der Waals surface area contributed by atoms with Gasteiger partial charge in [-0.15, -0.1) is 0 Å². The SMILES string of the molecule is CCCCCCCC(=O)N1[C@@H]2C[C@H]3CC[C@]2(CS1(=O)=O)C3(C)C. The fourth-order valence-corrected chi connectivity index (χ4v) is 8.18. The quantitative estimate of drug-likeness (QED) is 0.692. The zero-order valence-electron chi connectivity index (χ0n) is 14.8. The molecule has 3 rings (SSSR count). The normalized spacial score (nSPS) is 36.4. The first-order valence-electron chi connectivity index (χ1n) is 9.31. The number of sulfonamides is 1. The summed E-state index contributed by atoms with van der Waals surface area (Å²) in [5, 5.41) is 0. The molecule has 132 valence electrons. The van der Waals surface area contributed by atoms with Crippen LogP contribution in [0.2, 0.25) is 0 Å². The van der Waals surface area contributed by atoms with Gasteiger partial charge in [0, 0.05) is 11.8 Å². The average molecular weight is 342 g/mol. The van der Waals surface area contributed by atoms with Crippen LogP contribution in [-0.4, -0.2) is 30.4 Å². The van der Waals surface area contributed by atoms with Gasteiger partial charge in [0.2, 0.25) is 15.9 Å². The van der Waals surface area contributed by atoms with E-state index in [4.69, 9.17) is 0 Å². The number of hydrogen-bond donors (Lipinski definition) is 0. The molecule has 1 saturated heterocycles. The minimum Gasteiger partial charge on any atom is -0.274 e. The maximum atomic E-state index is 12.7. The Bertz CT molecular complexity index is 583. The number of carbonyl (C=O) groups is 1. The fourth-order valence-electron chi connectivity index (χ4n) is 5.61. The highest BCUT2D eigenvalue weighted by atomic mass is 32.2. The Balaban J connectivity index is 1.72. The molecule has 2 bridgehead atoms. The zero-order chi connectivity index (χ0) is 16.9. The molecule has 2 aliphatic carbocycles. The zero-order valence-corrected chi connectivity index (χ0v) is 15.6. The van der Waals surface area contributed by atoms with Gasteiger partial charge in [0.15, 0.2) is 0 Å². The molecule has 0 aromatic carbocycles. The predicted octanol–water partition coefficient (Wildman–Crippen LogP) is 3.71. The third kappa shape index (κ3) is 2.45. The van der Waals surface area contributed by atoms with E-state index < -0.39 is 10.0 Å². The second kappa shape index (κ2) is 5.75. The third-order valence-electron chi connectivity index (χ3n) is 7.15. The second-order valence-corrected chi connectivity index (χ2v) is 10.3. The number of nitrogens with zero attached hydrogens (tertiary/aromatic N) is 1. The van der Waals surface area contributed by atoms with Crippen LogP contribution >= 0.6 is 0 Å². The molecule has 0 N–H and O–H groups in total. The van der Waals surface area contributed by atoms with Gasteiger partial charge in [0.1, 0.15) is 0 Å². The molecule has 0 aromatic heterocycles. The summed E-state index contributed by atoms with van der Waals surface area (Å²) in [4.78, 5) is 12.7. The van der Waals surface area contributed by atoms with E-state index in [1.165, 1.54) is 17.1 Å². The summed E-state index contributed by atoms with van der Waals surface area (Å²) in [6.07, 6.45) is 8.71. The average Bonchev–Trinajstić information content (AvgIpc) is 2.93. The maximum absolute atomic E-state index is 12.7. The van der Waals surface area contributed by atoms with Crippen LogP contribution in [0, 0.1) is 16.7 Å². The lowest BCUT2D eigenvalue weighted by Crippen LogP contribution is -2.44. The van der Waals surface area contributed by atoms with E-state index in [0.717, 1.165) is 38.5 Å². The Morgan fingerprint density at radius 1 is 1.17 bits per heavy atom. The number of unbranched alkanes of at least 4 members (excludes halogenated alkanes) is 4. The van der Waals surface area contributed by atoms with Crippen molar-refractivity contribution in [2.45, 2.75) is 84.6 Å². The molecular weight excluding hydrogens is 310 g/mol. The van der Waals surface area contributed by atoms with Crippen LogP contribution in [0.25, 0.3) is 0 Å². The molecular formula is C18H31NO3S. The molecule has 1 amide bonds. The van der Waals surface area contributed by atoms with Gasteiger partial charge < -0.3 is 0 Å². The molecule has 3 aliphatic rings. The first kappa shape index (κ1) is 17.2. The second-order valence-electron chi connectivity index (χ2n) is 8.47. The van der Waals surface area contributed by atoms with Gasteiger partial charge in [0.25, 0.3) is 0 Å². The van der Waals surface area contributed by atoms with E-state index in [1.807, 2.05) is 0 Å². The summed E-state index contributed by atoms with van der Waals surface area (Å²) in [7, 11) is -3.42. The van der Waals surface area contributed by atoms with Gasteiger partial charge in [-0.05, 0) is 37.0 Å². The van der Waals surface area contributed by atoms with Crippen molar-refractivity contribution in [3.05, 3.63) is 0 Å². The molecule has 0 radical (unpaired) electrons. The van der Waals surface area contributed by atoms with Crippen molar-refractivity contribution in [2.75, 3.05) is 5.75 Å². The minimum atomic E-state index is -3.42. The largest absolute Gasteiger partial charge is 0.274 e. The smallest absolute Gasteiger partial charge is 0.238 e. The highest BCUT2D eigenvalue weighted by Gasteiger charge is 2.72. The van der Waals surface area contributed by atoms with Gasteiger partial charge >= 0.3 is 0 Å². The Morgan fingerprint density at radius 2 is 1.87 bits per heavy atom. The fraction of sp³-hybridized carbons (Fsp3) is 0.944. The summed E-state index contributed by atoms with van der Waals surface area (Å²) in [6, 6.07) is -0.0654. The molecule has 0 aromatic rings. The molecule has 1 spiro atoms. The van der Waals surface area contributed by atoms with Crippen molar-refractivity contribution >= 4 is 15.9 Å². The molecule has 3 atom stereocenters. The lowest BCUT2D eigenvalue weighted by molar-refractivity contribution is -0.129. The van der Waals surface area contributed by atoms with E-state index in [9.17, 15) is 13.2 Å². The van der Waals surface area contributed by atoms with E-state index in [1.54, 1.807) is 0 Å². The number of carbonyl (C=O) groups excluding carboxylic acids is 1. The highest BCUT2D eigenvalue weighted by Crippen LogP contribution is 2.70. The molecule has 0 unspecified atom stereocenters. The van der Waals surface area contributed by atoms with Gasteiger partial charge in [-0.1, -0.05) is 46.5 Å². The topological polar surface area (TPSA) is 54.5 Å². The molecule has 23 heavy (non-hydrogen) atoms. The monoisotopic (exact) mass is 341 g/mol. The number of rotatable bonds is 6. The lowest BCUT2D eigenvalue weighted by Gasteiger charge is -2.37. The van der Waals surface area contributed by atoms with Crippen molar-refractivity contribution in [1.82, 2.24) is 4.31 Å². The van der Waals surface area contributed by atoms with E-state index in [2.05, 4.69) is 20.8 Å². The molecule has 1 aliphatic heterocycles. The lowest BCUT2D eigenvalue weighted by atomic mass is 9.69.